The largest absolute Gasteiger partial charge is 0.493 e. The van der Waals surface area contributed by atoms with E-state index in [0.29, 0.717) is 35.9 Å². The number of carbonyl (C=O) groups excluding carboxylic acids is 1. The summed E-state index contributed by atoms with van der Waals surface area (Å²) >= 11 is 0. The van der Waals surface area contributed by atoms with Crippen molar-refractivity contribution < 1.29 is 31.8 Å². The zero-order valence-electron chi connectivity index (χ0n) is 19.6. The molecule has 2 aromatic carbocycles. The van der Waals surface area contributed by atoms with Gasteiger partial charge >= 0.3 is 6.01 Å². The number of anilines is 1. The number of amides is 1. The Morgan fingerprint density at radius 3 is 2.14 bits per heavy atom. The first-order chi connectivity index (χ1) is 16.9. The Bertz CT molecular complexity index is 1270. The Hall–Kier alpha value is -3.64. The summed E-state index contributed by atoms with van der Waals surface area (Å²) < 4.78 is 48.6. The summed E-state index contributed by atoms with van der Waals surface area (Å²) in [5, 5.41) is 10.4. The Balaban J connectivity index is 1.49. The Kier molecular flexibility index (Phi) is 7.22. The predicted molar refractivity (Wildman–Crippen MR) is 126 cm³/mol. The van der Waals surface area contributed by atoms with Crippen molar-refractivity contribution >= 4 is 21.9 Å². The summed E-state index contributed by atoms with van der Waals surface area (Å²) in [5.74, 6) is 0.836. The standard InChI is InChI=1S/C23H26N4O7S/c1-31-18-13-16(14-19(32-2)20(18)33-3)22-25-26-23(34-22)24-21(28)15-7-9-17(10-8-15)35(29,30)27-11-5-4-6-12-27/h7-10,13-14H,4-6,11-12H2,1-3H3,(H,24,26,28). The normalized spacial score (nSPS) is 14.4. The van der Waals surface area contributed by atoms with Gasteiger partial charge in [0.25, 0.3) is 5.91 Å². The molecule has 0 unspecified atom stereocenters. The lowest BCUT2D eigenvalue weighted by molar-refractivity contribution is 0.102. The fourth-order valence-electron chi connectivity index (χ4n) is 3.80. The highest BCUT2D eigenvalue weighted by Gasteiger charge is 2.26. The lowest BCUT2D eigenvalue weighted by Crippen LogP contribution is -2.35. The summed E-state index contributed by atoms with van der Waals surface area (Å²) in [4.78, 5) is 12.8. The molecule has 1 aliphatic heterocycles. The van der Waals surface area contributed by atoms with Crippen LogP contribution in [0, 0.1) is 0 Å². The van der Waals surface area contributed by atoms with E-state index >= 15 is 0 Å². The van der Waals surface area contributed by atoms with E-state index in [2.05, 4.69) is 15.5 Å². The number of nitrogens with zero attached hydrogens (tertiary/aromatic N) is 3. The number of rotatable bonds is 8. The van der Waals surface area contributed by atoms with Crippen LogP contribution in [0.2, 0.25) is 0 Å². The molecular formula is C23H26N4O7S. The predicted octanol–water partition coefficient (Wildman–Crippen LogP) is 3.19. The summed E-state index contributed by atoms with van der Waals surface area (Å²) in [6.45, 7) is 1.02. The highest BCUT2D eigenvalue weighted by molar-refractivity contribution is 7.89. The summed E-state index contributed by atoms with van der Waals surface area (Å²) in [5.41, 5.74) is 0.745. The van der Waals surface area contributed by atoms with Crippen molar-refractivity contribution in [1.29, 1.82) is 0 Å². The van der Waals surface area contributed by atoms with E-state index in [1.54, 1.807) is 12.1 Å². The van der Waals surface area contributed by atoms with Crippen LogP contribution in [0.5, 0.6) is 17.2 Å². The molecule has 0 aliphatic carbocycles. The van der Waals surface area contributed by atoms with Crippen LogP contribution in [0.25, 0.3) is 11.5 Å². The van der Waals surface area contributed by atoms with Crippen LogP contribution in [0.1, 0.15) is 29.6 Å². The van der Waals surface area contributed by atoms with E-state index in [0.717, 1.165) is 19.3 Å². The monoisotopic (exact) mass is 502 g/mol. The van der Waals surface area contributed by atoms with E-state index in [4.69, 9.17) is 18.6 Å². The third kappa shape index (κ3) is 5.08. The molecule has 0 spiro atoms. The smallest absolute Gasteiger partial charge is 0.322 e. The minimum atomic E-state index is -3.58. The molecule has 1 saturated heterocycles. The minimum Gasteiger partial charge on any atom is -0.493 e. The van der Waals surface area contributed by atoms with Gasteiger partial charge in [0.2, 0.25) is 21.7 Å². The van der Waals surface area contributed by atoms with Gasteiger partial charge in [-0.2, -0.15) is 4.31 Å². The van der Waals surface area contributed by atoms with Crippen molar-refractivity contribution in [3.05, 3.63) is 42.0 Å². The Labute approximate surface area is 203 Å². The zero-order chi connectivity index (χ0) is 25.0. The number of aromatic nitrogens is 2. The number of sulfonamides is 1. The van der Waals surface area contributed by atoms with E-state index in [9.17, 15) is 13.2 Å². The number of benzene rings is 2. The van der Waals surface area contributed by atoms with Gasteiger partial charge in [0.1, 0.15) is 0 Å². The number of methoxy groups -OCH3 is 3. The van der Waals surface area contributed by atoms with Crippen LogP contribution in [0.15, 0.2) is 45.7 Å². The number of carbonyl (C=O) groups is 1. The first-order valence-corrected chi connectivity index (χ1v) is 12.4. The number of ether oxygens (including phenoxy) is 3. The van der Waals surface area contributed by atoms with Gasteiger partial charge in [0.05, 0.1) is 26.2 Å². The average molecular weight is 503 g/mol. The summed E-state index contributed by atoms with van der Waals surface area (Å²) in [6, 6.07) is 8.90. The molecule has 11 nitrogen and oxygen atoms in total. The number of nitrogens with one attached hydrogen (secondary N) is 1. The Morgan fingerprint density at radius 1 is 0.943 bits per heavy atom. The molecule has 186 valence electrons. The fourth-order valence-corrected chi connectivity index (χ4v) is 5.31. The van der Waals surface area contributed by atoms with Crippen LogP contribution in [-0.2, 0) is 10.0 Å². The lowest BCUT2D eigenvalue weighted by Gasteiger charge is -2.25. The maximum Gasteiger partial charge on any atom is 0.322 e. The van der Waals surface area contributed by atoms with E-state index in [-0.39, 0.29) is 22.4 Å². The van der Waals surface area contributed by atoms with Gasteiger partial charge in [-0.1, -0.05) is 11.5 Å². The van der Waals surface area contributed by atoms with E-state index < -0.39 is 15.9 Å². The van der Waals surface area contributed by atoms with Crippen LogP contribution in [0.4, 0.5) is 6.01 Å². The first-order valence-electron chi connectivity index (χ1n) is 10.9. The van der Waals surface area contributed by atoms with Crippen molar-refractivity contribution in [2.75, 3.05) is 39.7 Å². The molecule has 0 atom stereocenters. The molecule has 0 bridgehead atoms. The fraction of sp³-hybridized carbons (Fsp3) is 0.348. The first kappa shape index (κ1) is 24.5. The summed E-state index contributed by atoms with van der Waals surface area (Å²) in [7, 11) is 0.899. The molecule has 3 aromatic rings. The molecule has 0 radical (unpaired) electrons. The third-order valence-electron chi connectivity index (χ3n) is 5.63. The molecule has 35 heavy (non-hydrogen) atoms. The van der Waals surface area contributed by atoms with Crippen LogP contribution < -0.4 is 19.5 Å². The highest BCUT2D eigenvalue weighted by atomic mass is 32.2. The minimum absolute atomic E-state index is 0.122. The second kappa shape index (κ2) is 10.3. The van der Waals surface area contributed by atoms with Crippen molar-refractivity contribution in [2.24, 2.45) is 0 Å². The SMILES string of the molecule is COc1cc(-c2nnc(NC(=O)c3ccc(S(=O)(=O)N4CCCCC4)cc3)o2)cc(OC)c1OC. The molecule has 1 aliphatic rings. The van der Waals surface area contributed by atoms with Gasteiger partial charge in [0, 0.05) is 24.2 Å². The quantitative estimate of drug-likeness (QED) is 0.493. The van der Waals surface area contributed by atoms with Crippen LogP contribution in [0.3, 0.4) is 0 Å². The lowest BCUT2D eigenvalue weighted by atomic mass is 10.2. The van der Waals surface area contributed by atoms with Gasteiger partial charge in [0.15, 0.2) is 11.5 Å². The molecular weight excluding hydrogens is 476 g/mol. The van der Waals surface area contributed by atoms with Crippen molar-refractivity contribution in [1.82, 2.24) is 14.5 Å². The molecule has 2 heterocycles. The zero-order valence-corrected chi connectivity index (χ0v) is 20.4. The second-order valence-corrected chi connectivity index (χ2v) is 9.71. The number of hydrogen-bond acceptors (Lipinski definition) is 9. The van der Waals surface area contributed by atoms with Crippen LogP contribution in [-0.4, -0.2) is 63.2 Å². The van der Waals surface area contributed by atoms with Gasteiger partial charge < -0.3 is 18.6 Å². The summed E-state index contributed by atoms with van der Waals surface area (Å²) in [6.07, 6.45) is 2.73. The van der Waals surface area contributed by atoms with Crippen molar-refractivity contribution in [2.45, 2.75) is 24.2 Å². The number of piperidine rings is 1. The Morgan fingerprint density at radius 2 is 1.57 bits per heavy atom. The van der Waals surface area contributed by atoms with Gasteiger partial charge in [-0.3, -0.25) is 10.1 Å². The molecule has 1 amide bonds. The molecule has 12 heteroatoms. The molecule has 1 aromatic heterocycles. The van der Waals surface area contributed by atoms with Gasteiger partial charge in [-0.15, -0.1) is 5.10 Å². The van der Waals surface area contributed by atoms with E-state index in [1.807, 2.05) is 0 Å². The topological polar surface area (TPSA) is 133 Å². The van der Waals surface area contributed by atoms with Crippen LogP contribution >= 0.6 is 0 Å². The van der Waals surface area contributed by atoms with E-state index in [1.165, 1.54) is 49.9 Å². The molecule has 0 saturated carbocycles. The highest BCUT2D eigenvalue weighted by Crippen LogP contribution is 2.41. The second-order valence-electron chi connectivity index (χ2n) is 7.77. The number of hydrogen-bond donors (Lipinski definition) is 1. The van der Waals surface area contributed by atoms with Gasteiger partial charge in [-0.25, -0.2) is 8.42 Å². The van der Waals surface area contributed by atoms with Crippen molar-refractivity contribution in [3.63, 3.8) is 0 Å². The van der Waals surface area contributed by atoms with Crippen molar-refractivity contribution in [3.8, 4) is 28.7 Å². The molecule has 1 fully saturated rings. The van der Waals surface area contributed by atoms with Gasteiger partial charge in [-0.05, 0) is 49.2 Å². The average Bonchev–Trinajstić information content (AvgIpc) is 3.36. The maximum atomic E-state index is 12.8. The third-order valence-corrected chi connectivity index (χ3v) is 7.54. The molecule has 4 rings (SSSR count). The molecule has 1 N–H and O–H groups in total. The maximum absolute atomic E-state index is 12.8.